The zero-order chi connectivity index (χ0) is 26.0. The van der Waals surface area contributed by atoms with Gasteiger partial charge in [-0.05, 0) is 43.4 Å². The van der Waals surface area contributed by atoms with Crippen molar-refractivity contribution in [2.24, 2.45) is 4.52 Å². The van der Waals surface area contributed by atoms with Crippen LogP contribution in [0, 0.1) is 0 Å². The highest BCUT2D eigenvalue weighted by atomic mass is 31.3. The van der Waals surface area contributed by atoms with Crippen LogP contribution < -0.4 is 4.86 Å². The zero-order valence-electron chi connectivity index (χ0n) is 23.5. The fourth-order valence-electron chi connectivity index (χ4n) is 2.37. The molecule has 0 aliphatic carbocycles. The van der Waals surface area contributed by atoms with E-state index in [1.165, 1.54) is 0 Å². The first kappa shape index (κ1) is 35.7. The van der Waals surface area contributed by atoms with Crippen LogP contribution in [0.5, 0.6) is 0 Å². The molecule has 1 N–H and O–H groups in total. The van der Waals surface area contributed by atoms with Crippen molar-refractivity contribution in [3.8, 4) is 0 Å². The number of nitrogens with zero attached hydrogens (tertiary/aromatic N) is 1. The molecule has 0 saturated carbocycles. The SMILES string of the molecule is CCCCOP(N[P+](N=[P+](OCCCC)OCCCC)(OCCCC)OCCCC)OCCCC. The van der Waals surface area contributed by atoms with Gasteiger partial charge < -0.3 is 9.05 Å². The lowest BCUT2D eigenvalue weighted by Gasteiger charge is -2.21. The summed E-state index contributed by atoms with van der Waals surface area (Å²) in [6.45, 7) is 16.5. The lowest BCUT2D eigenvalue weighted by Crippen LogP contribution is -2.19. The lowest BCUT2D eigenvalue weighted by molar-refractivity contribution is 0.208. The van der Waals surface area contributed by atoms with Gasteiger partial charge in [0.15, 0.2) is 0 Å². The third kappa shape index (κ3) is 20.3. The van der Waals surface area contributed by atoms with Crippen molar-refractivity contribution in [1.82, 2.24) is 4.86 Å². The molecule has 0 aliphatic heterocycles. The smallest absolute Gasteiger partial charge is 0.320 e. The highest BCUT2D eigenvalue weighted by molar-refractivity contribution is 7.74. The fraction of sp³-hybridized carbons (Fsp3) is 1.00. The maximum Gasteiger partial charge on any atom is 0.605 e. The number of unbranched alkanes of at least 4 members (excludes halogenated alkanes) is 6. The van der Waals surface area contributed by atoms with Crippen molar-refractivity contribution in [1.29, 1.82) is 0 Å². The molecular formula is C24H55N2O6P3+2. The summed E-state index contributed by atoms with van der Waals surface area (Å²) in [5.41, 5.74) is 0. The van der Waals surface area contributed by atoms with Gasteiger partial charge in [-0.3, -0.25) is 0 Å². The molecule has 0 amide bonds. The van der Waals surface area contributed by atoms with Crippen LogP contribution in [0.4, 0.5) is 0 Å². The predicted octanol–water partition coefficient (Wildman–Crippen LogP) is 9.88. The fourth-order valence-corrected chi connectivity index (χ4v) is 8.37. The third-order valence-corrected chi connectivity index (χ3v) is 10.6. The first-order valence-corrected chi connectivity index (χ1v) is 17.8. The molecule has 0 heterocycles. The van der Waals surface area contributed by atoms with E-state index in [2.05, 4.69) is 46.4 Å². The van der Waals surface area contributed by atoms with E-state index in [1.807, 2.05) is 0 Å². The summed E-state index contributed by atoms with van der Waals surface area (Å²) in [5, 5.41) is 0. The van der Waals surface area contributed by atoms with Gasteiger partial charge in [-0.25, -0.2) is 0 Å². The van der Waals surface area contributed by atoms with E-state index >= 15 is 0 Å². The standard InChI is InChI=1S/C24H55N2O6P3/c1-7-13-19-27-33(28-20-14-8-2)25-35(31-23-17-11-5,32-24-18-12-6)26-34(29-21-15-9-3)30-22-16-10-4/h25H,7-24H2,1-6H3/q+2. The van der Waals surface area contributed by atoms with Crippen molar-refractivity contribution in [3.05, 3.63) is 0 Å². The molecule has 35 heavy (non-hydrogen) atoms. The molecule has 210 valence electrons. The molecule has 0 spiro atoms. The van der Waals surface area contributed by atoms with Crippen LogP contribution in [-0.2, 0) is 27.1 Å². The summed E-state index contributed by atoms with van der Waals surface area (Å²) >= 11 is 0. The van der Waals surface area contributed by atoms with Gasteiger partial charge in [0.1, 0.15) is 13.2 Å². The van der Waals surface area contributed by atoms with Gasteiger partial charge in [-0.2, -0.15) is 9.05 Å². The Bertz CT molecular complexity index is 460. The molecule has 11 heteroatoms. The van der Waals surface area contributed by atoms with Crippen LogP contribution in [0.2, 0.25) is 0 Å². The van der Waals surface area contributed by atoms with E-state index in [9.17, 15) is 0 Å². The van der Waals surface area contributed by atoms with Crippen LogP contribution in [0.25, 0.3) is 0 Å². The van der Waals surface area contributed by atoms with E-state index < -0.39 is 24.7 Å². The molecule has 0 aromatic rings. The Morgan fingerprint density at radius 2 is 0.943 bits per heavy atom. The van der Waals surface area contributed by atoms with Gasteiger partial charge in [0.25, 0.3) is 8.53 Å². The van der Waals surface area contributed by atoms with Crippen LogP contribution in [0.1, 0.15) is 119 Å². The van der Waals surface area contributed by atoms with Crippen molar-refractivity contribution in [3.63, 3.8) is 0 Å². The second kappa shape index (κ2) is 26.3. The summed E-state index contributed by atoms with van der Waals surface area (Å²) in [5.74, 6) is 0. The summed E-state index contributed by atoms with van der Waals surface area (Å²) in [4.78, 5) is 3.49. The van der Waals surface area contributed by atoms with Crippen LogP contribution >= 0.6 is 24.7 Å². The number of rotatable bonds is 27. The van der Waals surface area contributed by atoms with E-state index in [0.29, 0.717) is 39.6 Å². The van der Waals surface area contributed by atoms with E-state index in [1.54, 1.807) is 0 Å². The summed E-state index contributed by atoms with van der Waals surface area (Å²) < 4.78 is 42.4. The van der Waals surface area contributed by atoms with Crippen molar-refractivity contribution in [2.75, 3.05) is 39.6 Å². The van der Waals surface area contributed by atoms with Gasteiger partial charge in [0.05, 0.1) is 26.4 Å². The Morgan fingerprint density at radius 1 is 0.571 bits per heavy atom. The molecule has 0 atom stereocenters. The second-order valence-corrected chi connectivity index (χ2v) is 13.4. The molecule has 0 aromatic carbocycles. The van der Waals surface area contributed by atoms with E-state index in [4.69, 9.17) is 31.7 Å². The van der Waals surface area contributed by atoms with Crippen molar-refractivity contribution >= 4 is 24.7 Å². The summed E-state index contributed by atoms with van der Waals surface area (Å²) in [6, 6.07) is 0. The van der Waals surface area contributed by atoms with Crippen LogP contribution in [0.3, 0.4) is 0 Å². The highest BCUT2D eigenvalue weighted by Gasteiger charge is 2.55. The van der Waals surface area contributed by atoms with Crippen molar-refractivity contribution in [2.45, 2.75) is 119 Å². The molecular weight excluding hydrogens is 505 g/mol. The lowest BCUT2D eigenvalue weighted by atomic mass is 10.4. The molecule has 0 aliphatic rings. The molecule has 0 rings (SSSR count). The Hall–Kier alpha value is 0.680. The first-order valence-electron chi connectivity index (χ1n) is 13.9. The topological polar surface area (TPSA) is 79.8 Å². The minimum Gasteiger partial charge on any atom is -0.320 e. The minimum absolute atomic E-state index is 0.549. The number of hydrogen-bond donors (Lipinski definition) is 1. The van der Waals surface area contributed by atoms with Crippen LogP contribution in [0.15, 0.2) is 4.52 Å². The Labute approximate surface area is 219 Å². The quantitative estimate of drug-likeness (QED) is 0.0791. The molecule has 0 aromatic heterocycles. The predicted molar refractivity (Wildman–Crippen MR) is 151 cm³/mol. The summed E-state index contributed by atoms with van der Waals surface area (Å²) in [7, 11) is -5.87. The van der Waals surface area contributed by atoms with E-state index in [0.717, 1.165) is 77.0 Å². The number of hydrogen-bond acceptors (Lipinski definition) is 8. The van der Waals surface area contributed by atoms with Gasteiger partial charge in [-0.15, -0.1) is 9.05 Å². The molecule has 8 nitrogen and oxygen atoms in total. The maximum absolute atomic E-state index is 6.43. The Kier molecular flexibility index (Phi) is 26.8. The highest BCUT2D eigenvalue weighted by Crippen LogP contribution is 2.68. The minimum atomic E-state index is -2.93. The third-order valence-electron chi connectivity index (χ3n) is 4.74. The molecule has 0 saturated heterocycles. The Balaban J connectivity index is 5.97. The van der Waals surface area contributed by atoms with Gasteiger partial charge in [0, 0.05) is 0 Å². The zero-order valence-corrected chi connectivity index (χ0v) is 26.1. The largest absolute Gasteiger partial charge is 0.605 e. The van der Waals surface area contributed by atoms with Gasteiger partial charge in [0.2, 0.25) is 4.52 Å². The van der Waals surface area contributed by atoms with E-state index in [-0.39, 0.29) is 0 Å². The first-order chi connectivity index (χ1) is 17.1. The normalized spacial score (nSPS) is 12.0. The summed E-state index contributed by atoms with van der Waals surface area (Å²) in [6.07, 6.45) is 12.0. The second-order valence-electron chi connectivity index (χ2n) is 8.33. The van der Waals surface area contributed by atoms with Gasteiger partial charge >= 0.3 is 16.2 Å². The van der Waals surface area contributed by atoms with Gasteiger partial charge in [-0.1, -0.05) is 80.1 Å². The average Bonchev–Trinajstić information content (AvgIpc) is 2.84. The van der Waals surface area contributed by atoms with Crippen molar-refractivity contribution < 1.29 is 27.1 Å². The molecule has 0 unspecified atom stereocenters. The monoisotopic (exact) mass is 560 g/mol. The molecule has 0 bridgehead atoms. The molecule has 0 fully saturated rings. The van der Waals surface area contributed by atoms with Crippen LogP contribution in [-0.4, -0.2) is 39.6 Å². The molecule has 0 radical (unpaired) electrons. The Morgan fingerprint density at radius 3 is 1.34 bits per heavy atom. The average molecular weight is 561 g/mol. The number of nitrogens with one attached hydrogen (secondary N) is 1. The maximum atomic E-state index is 6.43.